The fourth-order valence-electron chi connectivity index (χ4n) is 1.91. The molecule has 1 saturated carbocycles. The number of hydrogen-bond acceptors (Lipinski definition) is 6. The lowest BCUT2D eigenvalue weighted by Gasteiger charge is -2.15. The van der Waals surface area contributed by atoms with Gasteiger partial charge >= 0.3 is 5.97 Å². The quantitative estimate of drug-likeness (QED) is 0.389. The molecular formula is C15H20O6S. The van der Waals surface area contributed by atoms with Gasteiger partial charge in [0.05, 0.1) is 19.5 Å². The van der Waals surface area contributed by atoms with Gasteiger partial charge in [0.2, 0.25) is 0 Å². The molecule has 0 heterocycles. The Balaban J connectivity index is 1.68. The van der Waals surface area contributed by atoms with Crippen LogP contribution in [0, 0.1) is 0 Å². The van der Waals surface area contributed by atoms with Crippen molar-refractivity contribution < 1.29 is 26.9 Å². The van der Waals surface area contributed by atoms with Crippen LogP contribution in [0.3, 0.4) is 0 Å². The largest absolute Gasteiger partial charge is 0.459 e. The highest BCUT2D eigenvalue weighted by Gasteiger charge is 2.52. The van der Waals surface area contributed by atoms with Gasteiger partial charge in [0.15, 0.2) is 5.60 Å². The van der Waals surface area contributed by atoms with E-state index in [4.69, 9.17) is 9.47 Å². The van der Waals surface area contributed by atoms with Crippen LogP contribution < -0.4 is 0 Å². The molecule has 0 unspecified atom stereocenters. The van der Waals surface area contributed by atoms with Crippen molar-refractivity contribution in [3.63, 3.8) is 0 Å². The fourth-order valence-corrected chi connectivity index (χ4v) is 2.33. The molecule has 1 aromatic carbocycles. The van der Waals surface area contributed by atoms with Gasteiger partial charge in [-0.25, -0.2) is 4.79 Å². The van der Waals surface area contributed by atoms with E-state index in [0.29, 0.717) is 19.3 Å². The van der Waals surface area contributed by atoms with Crippen molar-refractivity contribution in [3.05, 3.63) is 35.9 Å². The molecule has 0 saturated heterocycles. The summed E-state index contributed by atoms with van der Waals surface area (Å²) in [5, 5.41) is 0. The van der Waals surface area contributed by atoms with Crippen molar-refractivity contribution in [2.45, 2.75) is 31.5 Å². The monoisotopic (exact) mass is 328 g/mol. The number of carbonyl (C=O) groups is 1. The molecule has 1 aliphatic carbocycles. The third-order valence-electron chi connectivity index (χ3n) is 3.25. The topological polar surface area (TPSA) is 78.9 Å². The molecule has 2 rings (SSSR count). The molecule has 0 aromatic heterocycles. The molecule has 1 fully saturated rings. The van der Waals surface area contributed by atoms with Gasteiger partial charge in [0.25, 0.3) is 10.1 Å². The second-order valence-corrected chi connectivity index (χ2v) is 6.93. The Labute approximate surface area is 130 Å². The summed E-state index contributed by atoms with van der Waals surface area (Å²) in [5.74, 6) is -0.361. The second-order valence-electron chi connectivity index (χ2n) is 5.28. The average molecular weight is 328 g/mol. The van der Waals surface area contributed by atoms with Gasteiger partial charge in [0.1, 0.15) is 6.61 Å². The first-order chi connectivity index (χ1) is 10.4. The molecular weight excluding hydrogens is 308 g/mol. The van der Waals surface area contributed by atoms with Crippen LogP contribution in [0.25, 0.3) is 0 Å². The third-order valence-corrected chi connectivity index (χ3v) is 3.85. The second kappa shape index (κ2) is 7.21. The molecule has 0 atom stereocenters. The van der Waals surface area contributed by atoms with Crippen LogP contribution in [0.2, 0.25) is 0 Å². The van der Waals surface area contributed by atoms with E-state index in [2.05, 4.69) is 4.18 Å². The van der Waals surface area contributed by atoms with E-state index in [1.165, 1.54) is 0 Å². The summed E-state index contributed by atoms with van der Waals surface area (Å²) in [6.45, 7) is 0.534. The number of hydrogen-bond donors (Lipinski definition) is 0. The summed E-state index contributed by atoms with van der Waals surface area (Å²) in [4.78, 5) is 12.0. The maximum atomic E-state index is 12.0. The number of carbonyl (C=O) groups excluding carboxylic acids is 1. The number of esters is 1. The van der Waals surface area contributed by atoms with Gasteiger partial charge in [-0.3, -0.25) is 4.18 Å². The third kappa shape index (κ3) is 5.40. The minimum atomic E-state index is -3.43. The Morgan fingerprint density at radius 3 is 2.45 bits per heavy atom. The highest BCUT2D eigenvalue weighted by atomic mass is 32.2. The van der Waals surface area contributed by atoms with Gasteiger partial charge in [-0.15, -0.1) is 0 Å². The van der Waals surface area contributed by atoms with Crippen molar-refractivity contribution in [2.75, 3.05) is 19.5 Å². The number of ether oxygens (including phenoxy) is 2. The lowest BCUT2D eigenvalue weighted by molar-refractivity contribution is -0.162. The zero-order chi connectivity index (χ0) is 16.1. The van der Waals surface area contributed by atoms with E-state index in [-0.39, 0.29) is 25.8 Å². The molecule has 122 valence electrons. The Morgan fingerprint density at radius 1 is 1.18 bits per heavy atom. The first kappa shape index (κ1) is 16.9. The average Bonchev–Trinajstić information content (AvgIpc) is 3.25. The van der Waals surface area contributed by atoms with Crippen molar-refractivity contribution in [1.29, 1.82) is 0 Å². The maximum Gasteiger partial charge on any atom is 0.338 e. The molecule has 7 heteroatoms. The molecule has 22 heavy (non-hydrogen) atoms. The number of benzene rings is 1. The molecule has 0 bridgehead atoms. The Morgan fingerprint density at radius 2 is 1.86 bits per heavy atom. The van der Waals surface area contributed by atoms with Gasteiger partial charge in [0, 0.05) is 0 Å². The summed E-state index contributed by atoms with van der Waals surface area (Å²) < 4.78 is 37.0. The first-order valence-electron chi connectivity index (χ1n) is 7.11. The standard InChI is InChI=1S/C15H20O6S/c1-22(17,18)21-11-5-10-20-15(8-9-15)14(16)19-12-13-6-3-2-4-7-13/h2-4,6-7H,5,8-12H2,1H3. The predicted molar refractivity (Wildman–Crippen MR) is 79.6 cm³/mol. The van der Waals surface area contributed by atoms with Crippen LogP contribution in [0.1, 0.15) is 24.8 Å². The highest BCUT2D eigenvalue weighted by molar-refractivity contribution is 7.85. The smallest absolute Gasteiger partial charge is 0.338 e. The molecule has 0 aliphatic heterocycles. The summed E-state index contributed by atoms with van der Waals surface area (Å²) in [6.07, 6.45) is 2.67. The zero-order valence-corrected chi connectivity index (χ0v) is 13.3. The van der Waals surface area contributed by atoms with Gasteiger partial charge in [-0.1, -0.05) is 30.3 Å². The molecule has 1 aromatic rings. The lowest BCUT2D eigenvalue weighted by Crippen LogP contribution is -2.29. The highest BCUT2D eigenvalue weighted by Crippen LogP contribution is 2.41. The van der Waals surface area contributed by atoms with Crippen LogP contribution in [0.4, 0.5) is 0 Å². The van der Waals surface area contributed by atoms with Gasteiger partial charge in [-0.2, -0.15) is 8.42 Å². The van der Waals surface area contributed by atoms with Crippen LogP contribution >= 0.6 is 0 Å². The van der Waals surface area contributed by atoms with Crippen LogP contribution in [-0.2, 0) is 35.2 Å². The fraction of sp³-hybridized carbons (Fsp3) is 0.533. The first-order valence-corrected chi connectivity index (χ1v) is 8.92. The lowest BCUT2D eigenvalue weighted by atomic mass is 10.2. The normalized spacial score (nSPS) is 16.2. The van der Waals surface area contributed by atoms with Crippen molar-refractivity contribution in [3.8, 4) is 0 Å². The number of rotatable bonds is 9. The van der Waals surface area contributed by atoms with E-state index < -0.39 is 15.7 Å². The Hall–Kier alpha value is -1.44. The molecule has 0 spiro atoms. The van der Waals surface area contributed by atoms with Crippen molar-refractivity contribution >= 4 is 16.1 Å². The zero-order valence-electron chi connectivity index (χ0n) is 12.5. The minimum Gasteiger partial charge on any atom is -0.459 e. The predicted octanol–water partition coefficient (Wildman–Crippen LogP) is 1.65. The maximum absolute atomic E-state index is 12.0. The van der Waals surface area contributed by atoms with Gasteiger partial charge < -0.3 is 9.47 Å². The summed E-state index contributed by atoms with van der Waals surface area (Å²) in [6, 6.07) is 9.44. The molecule has 0 radical (unpaired) electrons. The molecule has 1 aliphatic rings. The van der Waals surface area contributed by atoms with Crippen molar-refractivity contribution in [1.82, 2.24) is 0 Å². The Kier molecular flexibility index (Phi) is 5.55. The minimum absolute atomic E-state index is 0.0496. The van der Waals surface area contributed by atoms with Crippen LogP contribution in [-0.4, -0.2) is 39.5 Å². The van der Waals surface area contributed by atoms with E-state index in [1.807, 2.05) is 30.3 Å². The van der Waals surface area contributed by atoms with Crippen molar-refractivity contribution in [2.24, 2.45) is 0 Å². The van der Waals surface area contributed by atoms with E-state index >= 15 is 0 Å². The summed E-state index contributed by atoms with van der Waals surface area (Å²) in [5.41, 5.74) is 0.0769. The SMILES string of the molecule is CS(=O)(=O)OCCCOC1(C(=O)OCc2ccccc2)CC1. The van der Waals surface area contributed by atoms with E-state index in [0.717, 1.165) is 11.8 Å². The molecule has 0 N–H and O–H groups in total. The summed E-state index contributed by atoms with van der Waals surface area (Å²) >= 11 is 0. The molecule has 0 amide bonds. The summed E-state index contributed by atoms with van der Waals surface area (Å²) in [7, 11) is -3.43. The van der Waals surface area contributed by atoms with Crippen LogP contribution in [0.15, 0.2) is 30.3 Å². The van der Waals surface area contributed by atoms with Gasteiger partial charge in [-0.05, 0) is 24.8 Å². The molecule has 6 nitrogen and oxygen atoms in total. The van der Waals surface area contributed by atoms with E-state index in [1.54, 1.807) is 0 Å². The van der Waals surface area contributed by atoms with E-state index in [9.17, 15) is 13.2 Å². The Bertz CT molecular complexity index is 592. The van der Waals surface area contributed by atoms with Crippen LogP contribution in [0.5, 0.6) is 0 Å².